The largest absolute Gasteiger partial charge is 0.206 e. The summed E-state index contributed by atoms with van der Waals surface area (Å²) in [5, 5.41) is -0.254. The van der Waals surface area contributed by atoms with E-state index in [9.17, 15) is 4.39 Å². The van der Waals surface area contributed by atoms with Crippen molar-refractivity contribution >= 4 is 54.8 Å². The van der Waals surface area contributed by atoms with Crippen LogP contribution in [-0.4, -0.2) is 0 Å². The lowest BCUT2D eigenvalue weighted by molar-refractivity contribution is 0.608. The van der Waals surface area contributed by atoms with Crippen LogP contribution in [0.15, 0.2) is 26.5 Å². The fourth-order valence-corrected chi connectivity index (χ4v) is 4.20. The van der Waals surface area contributed by atoms with E-state index in [-0.39, 0.29) is 11.2 Å². The minimum absolute atomic E-state index is 0.156. The number of hydrogen-bond donors (Lipinski definition) is 0. The van der Waals surface area contributed by atoms with Gasteiger partial charge in [0.05, 0.1) is 9.16 Å². The lowest BCUT2D eigenvalue weighted by Crippen LogP contribution is -1.96. The minimum Gasteiger partial charge on any atom is -0.206 e. The van der Waals surface area contributed by atoms with Gasteiger partial charge in [0.15, 0.2) is 0 Å². The van der Waals surface area contributed by atoms with Crippen LogP contribution in [0.3, 0.4) is 0 Å². The fraction of sp³-hybridized carbons (Fsp3) is 0.231. The molecule has 1 aromatic heterocycles. The first-order valence-corrected chi connectivity index (χ1v) is 8.09. The van der Waals surface area contributed by atoms with Crippen molar-refractivity contribution in [3.05, 3.63) is 53.8 Å². The summed E-state index contributed by atoms with van der Waals surface area (Å²) in [5.41, 5.74) is 2.19. The van der Waals surface area contributed by atoms with Gasteiger partial charge in [0.1, 0.15) is 5.82 Å². The smallest absolute Gasteiger partial charge is 0.129 e. The molecule has 5 heteroatoms. The molecule has 0 radical (unpaired) electrons. The summed E-state index contributed by atoms with van der Waals surface area (Å²) in [4.78, 5) is 1.03. The third-order valence-electron chi connectivity index (χ3n) is 2.67. The number of halogens is 4. The molecule has 2 rings (SSSR count). The van der Waals surface area contributed by atoms with Crippen LogP contribution in [0.2, 0.25) is 0 Å². The molecule has 0 aliphatic carbocycles. The molecule has 0 aliphatic heterocycles. The van der Waals surface area contributed by atoms with Gasteiger partial charge in [-0.3, -0.25) is 0 Å². The molecule has 96 valence electrons. The van der Waals surface area contributed by atoms with Crippen LogP contribution in [-0.2, 0) is 0 Å². The monoisotopic (exact) mass is 410 g/mol. The lowest BCUT2D eigenvalue weighted by Gasteiger charge is -2.11. The Hall–Kier alpha value is 0.1000. The van der Waals surface area contributed by atoms with Crippen LogP contribution >= 0.6 is 54.8 Å². The Labute approximate surface area is 131 Å². The second-order valence-corrected chi connectivity index (χ2v) is 7.79. The molecule has 0 nitrogen and oxygen atoms in total. The maximum Gasteiger partial charge on any atom is 0.129 e. The molecule has 1 aromatic carbocycles. The van der Waals surface area contributed by atoms with Crippen LogP contribution in [0, 0.1) is 19.7 Å². The molecule has 1 heterocycles. The molecule has 1 atom stereocenters. The molecule has 0 bridgehead atoms. The summed E-state index contributed by atoms with van der Waals surface area (Å²) in [6.45, 7) is 3.52. The van der Waals surface area contributed by atoms with Gasteiger partial charge in [0.25, 0.3) is 0 Å². The van der Waals surface area contributed by atoms with E-state index in [1.165, 1.54) is 0 Å². The fourth-order valence-electron chi connectivity index (χ4n) is 1.78. The van der Waals surface area contributed by atoms with Gasteiger partial charge in [-0.1, -0.05) is 12.1 Å². The number of aryl methyl sites for hydroxylation is 2. The molecular formula is C13H10Br2ClFS. The molecule has 18 heavy (non-hydrogen) atoms. The summed E-state index contributed by atoms with van der Waals surface area (Å²) in [6.07, 6.45) is 0. The Bertz CT molecular complexity index is 552. The van der Waals surface area contributed by atoms with E-state index in [1.807, 2.05) is 18.2 Å². The van der Waals surface area contributed by atoms with Crippen molar-refractivity contribution in [2.75, 3.05) is 0 Å². The maximum absolute atomic E-state index is 13.6. The Balaban J connectivity index is 2.42. The molecule has 1 unspecified atom stereocenters. The van der Waals surface area contributed by atoms with E-state index < -0.39 is 0 Å². The predicted molar refractivity (Wildman–Crippen MR) is 83.3 cm³/mol. The molecule has 0 saturated carbocycles. The van der Waals surface area contributed by atoms with E-state index >= 15 is 0 Å². The van der Waals surface area contributed by atoms with Crippen LogP contribution in [0.4, 0.5) is 4.39 Å². The van der Waals surface area contributed by atoms with Crippen molar-refractivity contribution in [1.82, 2.24) is 0 Å². The van der Waals surface area contributed by atoms with E-state index in [0.717, 1.165) is 18.7 Å². The number of thiophene rings is 1. The highest BCUT2D eigenvalue weighted by Crippen LogP contribution is 2.40. The average molecular weight is 413 g/mol. The molecule has 2 aromatic rings. The predicted octanol–water partition coefficient (Wildman–Crippen LogP) is 6.36. The Morgan fingerprint density at radius 1 is 1.17 bits per heavy atom. The van der Waals surface area contributed by atoms with Crippen LogP contribution in [0.25, 0.3) is 0 Å². The SMILES string of the molecule is Cc1cc(C(Cl)c2cc(Br)c(Br)s2)cc(C)c1F. The van der Waals surface area contributed by atoms with Crippen molar-refractivity contribution in [1.29, 1.82) is 0 Å². The van der Waals surface area contributed by atoms with Crippen molar-refractivity contribution in [2.24, 2.45) is 0 Å². The van der Waals surface area contributed by atoms with Gasteiger partial charge in [-0.2, -0.15) is 0 Å². The molecule has 0 saturated heterocycles. The Kier molecular flexibility index (Phi) is 4.52. The first-order chi connectivity index (χ1) is 8.40. The second kappa shape index (κ2) is 5.61. The van der Waals surface area contributed by atoms with Gasteiger partial charge in [0.2, 0.25) is 0 Å². The highest BCUT2D eigenvalue weighted by molar-refractivity contribution is 9.13. The zero-order chi connectivity index (χ0) is 13.4. The first-order valence-electron chi connectivity index (χ1n) is 5.25. The van der Waals surface area contributed by atoms with Gasteiger partial charge >= 0.3 is 0 Å². The van der Waals surface area contributed by atoms with Crippen molar-refractivity contribution in [2.45, 2.75) is 19.2 Å². The highest BCUT2D eigenvalue weighted by Gasteiger charge is 2.17. The third kappa shape index (κ3) is 2.82. The highest BCUT2D eigenvalue weighted by atomic mass is 79.9. The summed E-state index contributed by atoms with van der Waals surface area (Å²) in [6, 6.07) is 5.60. The summed E-state index contributed by atoms with van der Waals surface area (Å²) < 4.78 is 15.6. The number of alkyl halides is 1. The average Bonchev–Trinajstić information content (AvgIpc) is 2.65. The topological polar surface area (TPSA) is 0 Å². The molecule has 0 spiro atoms. The van der Waals surface area contributed by atoms with Crippen LogP contribution in [0.1, 0.15) is 26.9 Å². The molecule has 0 N–H and O–H groups in total. The maximum atomic E-state index is 13.6. The molecule has 0 aliphatic rings. The van der Waals surface area contributed by atoms with Gasteiger partial charge < -0.3 is 0 Å². The Morgan fingerprint density at radius 2 is 1.72 bits per heavy atom. The standard InChI is InChI=1S/C13H10Br2ClFS/c1-6-3-8(4-7(2)12(6)17)11(16)10-5-9(14)13(15)18-10/h3-5,11H,1-2H3. The second-order valence-electron chi connectivity index (χ2n) is 4.10. The van der Waals surface area contributed by atoms with Crippen LogP contribution < -0.4 is 0 Å². The van der Waals surface area contributed by atoms with Crippen LogP contribution in [0.5, 0.6) is 0 Å². The first kappa shape index (κ1) is 14.5. The summed E-state index contributed by atoms with van der Waals surface area (Å²) in [5.74, 6) is -0.156. The van der Waals surface area contributed by atoms with Crippen molar-refractivity contribution in [3.63, 3.8) is 0 Å². The lowest BCUT2D eigenvalue weighted by atomic mass is 10.0. The van der Waals surface area contributed by atoms with Gasteiger partial charge in [0, 0.05) is 9.35 Å². The zero-order valence-corrected chi connectivity index (χ0v) is 14.5. The number of rotatable bonds is 2. The zero-order valence-electron chi connectivity index (χ0n) is 9.73. The van der Waals surface area contributed by atoms with E-state index in [2.05, 4.69) is 31.9 Å². The summed E-state index contributed by atoms with van der Waals surface area (Å²) in [7, 11) is 0. The van der Waals surface area contributed by atoms with Gasteiger partial charge in [-0.25, -0.2) is 4.39 Å². The van der Waals surface area contributed by atoms with Gasteiger partial charge in [-0.15, -0.1) is 22.9 Å². The van der Waals surface area contributed by atoms with Crippen molar-refractivity contribution in [3.8, 4) is 0 Å². The third-order valence-corrected chi connectivity index (χ3v) is 6.60. The molecule has 0 fully saturated rings. The normalized spacial score (nSPS) is 12.8. The van der Waals surface area contributed by atoms with E-state index in [4.69, 9.17) is 11.6 Å². The quantitative estimate of drug-likeness (QED) is 0.504. The van der Waals surface area contributed by atoms with E-state index in [0.29, 0.717) is 11.1 Å². The Morgan fingerprint density at radius 3 is 2.17 bits per heavy atom. The number of hydrogen-bond acceptors (Lipinski definition) is 1. The number of benzene rings is 1. The molecular weight excluding hydrogens is 402 g/mol. The van der Waals surface area contributed by atoms with E-state index in [1.54, 1.807) is 25.2 Å². The minimum atomic E-state index is -0.254. The summed E-state index contributed by atoms with van der Waals surface area (Å²) >= 11 is 14.9. The molecule has 0 amide bonds. The van der Waals surface area contributed by atoms with Gasteiger partial charge in [-0.05, 0) is 68.5 Å². The van der Waals surface area contributed by atoms with Crippen molar-refractivity contribution < 1.29 is 4.39 Å².